The van der Waals surface area contributed by atoms with E-state index < -0.39 is 11.0 Å². The van der Waals surface area contributed by atoms with Crippen molar-refractivity contribution in [3.63, 3.8) is 0 Å². The van der Waals surface area contributed by atoms with E-state index in [-0.39, 0.29) is 41.7 Å². The van der Waals surface area contributed by atoms with Gasteiger partial charge in [-0.15, -0.1) is 11.8 Å². The second kappa shape index (κ2) is 13.2. The molecule has 1 unspecified atom stereocenters. The van der Waals surface area contributed by atoms with Gasteiger partial charge in [0.25, 0.3) is 5.69 Å². The van der Waals surface area contributed by atoms with E-state index in [9.17, 15) is 24.1 Å². The first-order chi connectivity index (χ1) is 16.9. The minimum absolute atomic E-state index is 0.0232. The monoisotopic (exact) mass is 501 g/mol. The summed E-state index contributed by atoms with van der Waals surface area (Å²) < 4.78 is 13.4. The molecule has 2 aromatic rings. The van der Waals surface area contributed by atoms with Gasteiger partial charge in [-0.25, -0.2) is 4.39 Å². The third-order valence-corrected chi connectivity index (χ3v) is 7.23. The fourth-order valence-electron chi connectivity index (χ4n) is 4.30. The quantitative estimate of drug-likeness (QED) is 0.336. The zero-order valence-corrected chi connectivity index (χ0v) is 20.8. The fraction of sp³-hybridized carbons (Fsp3) is 0.462. The molecule has 9 heteroatoms. The summed E-state index contributed by atoms with van der Waals surface area (Å²) in [4.78, 5) is 38.5. The summed E-state index contributed by atoms with van der Waals surface area (Å²) in [6.07, 6.45) is 5.76. The highest BCUT2D eigenvalue weighted by Crippen LogP contribution is 2.21. The zero-order chi connectivity index (χ0) is 25.2. The Morgan fingerprint density at radius 3 is 2.31 bits per heavy atom. The van der Waals surface area contributed by atoms with Crippen LogP contribution in [0.2, 0.25) is 0 Å². The maximum Gasteiger partial charge on any atom is 0.269 e. The second-order valence-corrected chi connectivity index (χ2v) is 9.82. The molecular formula is C26H32FN3O4S. The van der Waals surface area contributed by atoms with Gasteiger partial charge in [0.05, 0.1) is 10.7 Å². The van der Waals surface area contributed by atoms with Crippen LogP contribution in [0, 0.1) is 15.9 Å². The van der Waals surface area contributed by atoms with Crippen molar-refractivity contribution in [2.75, 3.05) is 5.75 Å². The summed E-state index contributed by atoms with van der Waals surface area (Å²) in [6.45, 7) is 2.11. The highest BCUT2D eigenvalue weighted by atomic mass is 32.2. The summed E-state index contributed by atoms with van der Waals surface area (Å²) >= 11 is 1.39. The minimum atomic E-state index is -0.616. The molecule has 1 saturated carbocycles. The molecule has 0 radical (unpaired) electrons. The first kappa shape index (κ1) is 26.7. The molecule has 0 aliphatic heterocycles. The topological polar surface area (TPSA) is 92.6 Å². The van der Waals surface area contributed by atoms with Crippen molar-refractivity contribution < 1.29 is 18.9 Å². The number of nitrogens with one attached hydrogen (secondary N) is 1. The van der Waals surface area contributed by atoms with Crippen molar-refractivity contribution in [1.29, 1.82) is 0 Å². The smallest absolute Gasteiger partial charge is 0.269 e. The van der Waals surface area contributed by atoms with Gasteiger partial charge >= 0.3 is 0 Å². The molecule has 1 fully saturated rings. The van der Waals surface area contributed by atoms with Crippen LogP contribution in [0.15, 0.2) is 48.5 Å². The lowest BCUT2D eigenvalue weighted by atomic mass is 9.95. The molecule has 7 nitrogen and oxygen atoms in total. The molecule has 0 spiro atoms. The van der Waals surface area contributed by atoms with E-state index >= 15 is 0 Å². The molecular weight excluding hydrogens is 469 g/mol. The molecule has 0 saturated heterocycles. The van der Waals surface area contributed by atoms with Crippen LogP contribution in [0.5, 0.6) is 0 Å². The molecule has 1 atom stereocenters. The maximum absolute atomic E-state index is 13.4. The van der Waals surface area contributed by atoms with Crippen LogP contribution in [0.3, 0.4) is 0 Å². The van der Waals surface area contributed by atoms with Crippen molar-refractivity contribution in [3.8, 4) is 0 Å². The van der Waals surface area contributed by atoms with E-state index in [1.165, 1.54) is 42.4 Å². The third-order valence-electron chi connectivity index (χ3n) is 6.25. The number of non-ortho nitro benzene ring substituents is 1. The van der Waals surface area contributed by atoms with E-state index in [1.54, 1.807) is 29.2 Å². The molecule has 188 valence electrons. The zero-order valence-electron chi connectivity index (χ0n) is 20.0. The Labute approximate surface area is 209 Å². The van der Waals surface area contributed by atoms with Gasteiger partial charge in [0, 0.05) is 30.5 Å². The number of rotatable bonds is 11. The average molecular weight is 502 g/mol. The van der Waals surface area contributed by atoms with Gasteiger partial charge in [0.2, 0.25) is 11.8 Å². The Morgan fingerprint density at radius 1 is 1.09 bits per heavy atom. The van der Waals surface area contributed by atoms with Gasteiger partial charge in [-0.3, -0.25) is 19.7 Å². The SMILES string of the molecule is CCC(C(=O)NC1CCCCC1)N(Cc1ccc(F)cc1)C(=O)CSCc1ccc([N+](=O)[O-])cc1. The lowest BCUT2D eigenvalue weighted by Crippen LogP contribution is -2.52. The number of hydrogen-bond acceptors (Lipinski definition) is 5. The van der Waals surface area contributed by atoms with Gasteiger partial charge < -0.3 is 10.2 Å². The van der Waals surface area contributed by atoms with Gasteiger partial charge in [-0.1, -0.05) is 50.5 Å². The molecule has 2 amide bonds. The number of nitro groups is 1. The number of nitrogens with zero attached hydrogens (tertiary/aromatic N) is 2. The summed E-state index contributed by atoms with van der Waals surface area (Å²) in [7, 11) is 0. The third kappa shape index (κ3) is 8.06. The maximum atomic E-state index is 13.4. The number of hydrogen-bond donors (Lipinski definition) is 1. The normalized spacial score (nSPS) is 14.8. The average Bonchev–Trinajstić information content (AvgIpc) is 2.86. The van der Waals surface area contributed by atoms with Crippen LogP contribution in [-0.2, 0) is 21.9 Å². The number of thioether (sulfide) groups is 1. The molecule has 1 aliphatic rings. The lowest BCUT2D eigenvalue weighted by molar-refractivity contribution is -0.384. The van der Waals surface area contributed by atoms with Crippen LogP contribution in [0.25, 0.3) is 0 Å². The number of amides is 2. The van der Waals surface area contributed by atoms with Crippen LogP contribution < -0.4 is 5.32 Å². The summed E-state index contributed by atoms with van der Waals surface area (Å²) in [5, 5.41) is 14.0. The molecule has 0 bridgehead atoms. The fourth-order valence-corrected chi connectivity index (χ4v) is 5.17. The van der Waals surface area contributed by atoms with Crippen molar-refractivity contribution >= 4 is 29.3 Å². The van der Waals surface area contributed by atoms with Crippen molar-refractivity contribution in [3.05, 3.63) is 75.6 Å². The van der Waals surface area contributed by atoms with Gasteiger partial charge in [-0.2, -0.15) is 0 Å². The molecule has 2 aromatic carbocycles. The van der Waals surface area contributed by atoms with Crippen LogP contribution in [0.4, 0.5) is 10.1 Å². The molecule has 0 aromatic heterocycles. The Bertz CT molecular complexity index is 995. The van der Waals surface area contributed by atoms with E-state index in [4.69, 9.17) is 0 Å². The highest BCUT2D eigenvalue weighted by Gasteiger charge is 2.30. The minimum Gasteiger partial charge on any atom is -0.352 e. The number of halogens is 1. The van der Waals surface area contributed by atoms with Gasteiger partial charge in [-0.05, 0) is 42.5 Å². The number of nitro benzene ring substituents is 1. The summed E-state index contributed by atoms with van der Waals surface area (Å²) in [6, 6.07) is 11.7. The molecule has 1 N–H and O–H groups in total. The first-order valence-electron chi connectivity index (χ1n) is 12.0. The number of benzene rings is 2. The van der Waals surface area contributed by atoms with Gasteiger partial charge in [0.1, 0.15) is 11.9 Å². The van der Waals surface area contributed by atoms with E-state index in [0.717, 1.165) is 36.8 Å². The van der Waals surface area contributed by atoms with Crippen LogP contribution in [0.1, 0.15) is 56.6 Å². The predicted molar refractivity (Wildman–Crippen MR) is 135 cm³/mol. The van der Waals surface area contributed by atoms with E-state index in [0.29, 0.717) is 12.2 Å². The Morgan fingerprint density at radius 2 is 1.71 bits per heavy atom. The van der Waals surface area contributed by atoms with Gasteiger partial charge in [0.15, 0.2) is 0 Å². The van der Waals surface area contributed by atoms with Crippen LogP contribution in [-0.4, -0.2) is 39.5 Å². The molecule has 0 heterocycles. The summed E-state index contributed by atoms with van der Waals surface area (Å²) in [5.41, 5.74) is 1.65. The molecule has 1 aliphatic carbocycles. The van der Waals surface area contributed by atoms with E-state index in [1.807, 2.05) is 6.92 Å². The summed E-state index contributed by atoms with van der Waals surface area (Å²) in [5.74, 6) is -0.000577. The second-order valence-electron chi connectivity index (χ2n) is 8.83. The Kier molecular flexibility index (Phi) is 10.1. The largest absolute Gasteiger partial charge is 0.352 e. The van der Waals surface area contributed by atoms with Crippen molar-refractivity contribution in [2.24, 2.45) is 0 Å². The number of carbonyl (C=O) groups is 2. The highest BCUT2D eigenvalue weighted by molar-refractivity contribution is 7.99. The predicted octanol–water partition coefficient (Wildman–Crippen LogP) is 5.22. The van der Waals surface area contributed by atoms with E-state index in [2.05, 4.69) is 5.32 Å². The van der Waals surface area contributed by atoms with Crippen LogP contribution >= 0.6 is 11.8 Å². The molecule has 35 heavy (non-hydrogen) atoms. The number of carbonyl (C=O) groups excluding carboxylic acids is 2. The lowest BCUT2D eigenvalue weighted by Gasteiger charge is -2.32. The molecule has 3 rings (SSSR count). The standard InChI is InChI=1S/C26H32FN3O4S/c1-2-24(26(32)28-22-6-4-3-5-7-22)29(16-19-8-12-21(27)13-9-19)25(31)18-35-17-20-10-14-23(15-11-20)30(33)34/h8-15,22,24H,2-7,16-18H2,1H3,(H,28,32). The first-order valence-corrected chi connectivity index (χ1v) is 13.2. The Balaban J connectivity index is 1.67. The Hall–Kier alpha value is -2.94. The van der Waals surface area contributed by atoms with Crippen molar-refractivity contribution in [2.45, 2.75) is 69.8 Å². The van der Waals surface area contributed by atoms with Crippen molar-refractivity contribution in [1.82, 2.24) is 10.2 Å².